The van der Waals surface area contributed by atoms with Crippen molar-refractivity contribution in [2.24, 2.45) is 9.98 Å². The van der Waals surface area contributed by atoms with Crippen LogP contribution in [-0.2, 0) is 9.59 Å². The van der Waals surface area contributed by atoms with E-state index < -0.39 is 11.8 Å². The first kappa shape index (κ1) is 35.0. The number of carbonyl (C=O) groups excluding carboxylic acids is 2. The molecule has 0 radical (unpaired) electrons. The summed E-state index contributed by atoms with van der Waals surface area (Å²) in [5.41, 5.74) is 7.43. The van der Waals surface area contributed by atoms with Crippen LogP contribution in [-0.4, -0.2) is 86.4 Å². The largest absolute Gasteiger partial charge is 0.496 e. The zero-order valence-corrected chi connectivity index (χ0v) is 29.7. The molecule has 1 aromatic heterocycles. The molecule has 0 bridgehead atoms. The smallest absolute Gasteiger partial charge is 0.296 e. The minimum atomic E-state index is -0.440. The molecule has 0 saturated carbocycles. The number of rotatable bonds is 12. The monoisotopic (exact) mass is 708 g/mol. The molecule has 268 valence electrons. The van der Waals surface area contributed by atoms with Gasteiger partial charge in [0.2, 0.25) is 0 Å². The van der Waals surface area contributed by atoms with Gasteiger partial charge in [-0.25, -0.2) is 20.0 Å². The second-order valence-corrected chi connectivity index (χ2v) is 11.2. The van der Waals surface area contributed by atoms with E-state index in [2.05, 4.69) is 31.0 Å². The zero-order chi connectivity index (χ0) is 37.1. The zero-order valence-electron chi connectivity index (χ0n) is 29.7. The number of aromatic nitrogens is 2. The lowest BCUT2D eigenvalue weighted by molar-refractivity contribution is -0.122. The molecule has 52 heavy (non-hydrogen) atoms. The third kappa shape index (κ3) is 6.44. The molecule has 0 saturated heterocycles. The highest BCUT2D eigenvalue weighted by Crippen LogP contribution is 2.38. The van der Waals surface area contributed by atoms with Gasteiger partial charge in [0.25, 0.3) is 11.8 Å². The van der Waals surface area contributed by atoms with Gasteiger partial charge >= 0.3 is 0 Å². The fourth-order valence-corrected chi connectivity index (χ4v) is 5.62. The Labute approximate surface area is 298 Å². The van der Waals surface area contributed by atoms with E-state index in [1.54, 1.807) is 50.3 Å². The standard InChI is InChI=1S/C36H36N8O8/c1-19-37-27(17-25-29(49-5)13-21(47-3)14-30(25)50-6)35(45)43(19)41-33-23-11-9-10-12-24(23)34(40-39-33)42-44-20(2)38-28(36(44)46)18-26-31(51-7)15-22(48-4)16-32(26)52-8/h9-18H,1-8H3,(H,39,41)(H,40,42)/b27-17-,28-18+. The van der Waals surface area contributed by atoms with Gasteiger partial charge in [-0.3, -0.25) is 20.4 Å². The van der Waals surface area contributed by atoms with E-state index >= 15 is 0 Å². The molecule has 2 N–H and O–H groups in total. The number of methoxy groups -OCH3 is 6. The molecule has 2 aliphatic heterocycles. The van der Waals surface area contributed by atoms with Crippen molar-refractivity contribution < 1.29 is 38.0 Å². The van der Waals surface area contributed by atoms with E-state index in [0.717, 1.165) is 0 Å². The normalized spacial score (nSPS) is 15.6. The second kappa shape index (κ2) is 14.6. The summed E-state index contributed by atoms with van der Waals surface area (Å²) >= 11 is 0. The SMILES string of the molecule is COc1cc(OC)c(/C=C2\N=C(C)N(Nc3nnc(NN4C(=O)/C(=C\c5c(OC)cc(OC)cc5OC)N=C4C)c4ccccc34)C2=O)c(OC)c1. The lowest BCUT2D eigenvalue weighted by atomic mass is 10.1. The molecule has 0 aliphatic carbocycles. The summed E-state index contributed by atoms with van der Waals surface area (Å²) in [5.74, 6) is 3.24. The quantitative estimate of drug-likeness (QED) is 0.190. The molecule has 0 atom stereocenters. The number of nitrogens with zero attached hydrogens (tertiary/aromatic N) is 6. The first-order chi connectivity index (χ1) is 25.1. The topological polar surface area (TPSA) is 171 Å². The first-order valence-electron chi connectivity index (χ1n) is 15.8. The molecule has 2 aliphatic rings. The number of aliphatic imine (C=N–C) groups is 2. The highest BCUT2D eigenvalue weighted by molar-refractivity contribution is 6.16. The minimum absolute atomic E-state index is 0.137. The van der Waals surface area contributed by atoms with Crippen molar-refractivity contribution >= 4 is 58.0 Å². The van der Waals surface area contributed by atoms with Gasteiger partial charge in [-0.15, -0.1) is 10.2 Å². The van der Waals surface area contributed by atoms with Gasteiger partial charge < -0.3 is 28.4 Å². The van der Waals surface area contributed by atoms with Crippen LogP contribution in [0.25, 0.3) is 22.9 Å². The molecule has 6 rings (SSSR count). The molecule has 2 amide bonds. The van der Waals surface area contributed by atoms with Crippen molar-refractivity contribution in [3.05, 3.63) is 71.1 Å². The number of benzene rings is 3. The third-order valence-electron chi connectivity index (χ3n) is 8.25. The molecule has 0 fully saturated rings. The highest BCUT2D eigenvalue weighted by atomic mass is 16.5. The number of amides is 2. The van der Waals surface area contributed by atoms with Gasteiger partial charge in [0, 0.05) is 35.0 Å². The third-order valence-corrected chi connectivity index (χ3v) is 8.25. The number of carbonyl (C=O) groups is 2. The molecule has 16 nitrogen and oxygen atoms in total. The summed E-state index contributed by atoms with van der Waals surface area (Å²) < 4.78 is 32.8. The van der Waals surface area contributed by atoms with Crippen molar-refractivity contribution in [2.75, 3.05) is 53.5 Å². The Morgan fingerprint density at radius 3 is 1.21 bits per heavy atom. The molecule has 0 spiro atoms. The summed E-state index contributed by atoms with van der Waals surface area (Å²) in [5, 5.41) is 12.5. The Morgan fingerprint density at radius 2 is 0.904 bits per heavy atom. The van der Waals surface area contributed by atoms with Crippen molar-refractivity contribution in [3.63, 3.8) is 0 Å². The van der Waals surface area contributed by atoms with Crippen LogP contribution in [0.5, 0.6) is 34.5 Å². The number of ether oxygens (including phenoxy) is 6. The van der Waals surface area contributed by atoms with Crippen LogP contribution in [0, 0.1) is 0 Å². The van der Waals surface area contributed by atoms with Crippen molar-refractivity contribution in [1.82, 2.24) is 20.2 Å². The first-order valence-corrected chi connectivity index (χ1v) is 15.8. The molecule has 3 heterocycles. The maximum Gasteiger partial charge on any atom is 0.296 e. The molecule has 4 aromatic rings. The molecule has 0 unspecified atom stereocenters. The Kier molecular flexibility index (Phi) is 9.80. The predicted octanol–water partition coefficient (Wildman–Crippen LogP) is 4.94. The summed E-state index contributed by atoms with van der Waals surface area (Å²) in [6.45, 7) is 3.37. The lowest BCUT2D eigenvalue weighted by Crippen LogP contribution is -2.37. The number of nitrogens with one attached hydrogen (secondary N) is 2. The maximum atomic E-state index is 13.7. The Hall–Kier alpha value is -6.84. The van der Waals surface area contributed by atoms with Crippen molar-refractivity contribution in [3.8, 4) is 34.5 Å². The Bertz CT molecular complexity index is 2010. The number of fused-ring (bicyclic) bond motifs is 1. The van der Waals surface area contributed by atoms with Crippen molar-refractivity contribution in [2.45, 2.75) is 13.8 Å². The van der Waals surface area contributed by atoms with Gasteiger partial charge in [-0.05, 0) is 26.0 Å². The maximum absolute atomic E-state index is 13.7. The average Bonchev–Trinajstić information content (AvgIpc) is 3.59. The predicted molar refractivity (Wildman–Crippen MR) is 195 cm³/mol. The fourth-order valence-electron chi connectivity index (χ4n) is 5.62. The van der Waals surface area contributed by atoms with Gasteiger partial charge in [-0.2, -0.15) is 0 Å². The van der Waals surface area contributed by atoms with Gasteiger partial charge in [-0.1, -0.05) is 24.3 Å². The molecular weight excluding hydrogens is 672 g/mol. The Morgan fingerprint density at radius 1 is 0.558 bits per heavy atom. The summed E-state index contributed by atoms with van der Waals surface area (Å²) in [6, 6.07) is 14.0. The summed E-state index contributed by atoms with van der Waals surface area (Å²) in [4.78, 5) is 36.3. The van der Waals surface area contributed by atoms with Crippen LogP contribution in [0.3, 0.4) is 0 Å². The van der Waals surface area contributed by atoms with Crippen molar-refractivity contribution in [1.29, 1.82) is 0 Å². The Balaban J connectivity index is 1.26. The lowest BCUT2D eigenvalue weighted by Gasteiger charge is -2.21. The van der Waals surface area contributed by atoms with E-state index in [0.29, 0.717) is 68.1 Å². The number of hydrogen-bond donors (Lipinski definition) is 2. The van der Waals surface area contributed by atoms with E-state index in [4.69, 9.17) is 28.4 Å². The minimum Gasteiger partial charge on any atom is -0.496 e. The number of hydrogen-bond acceptors (Lipinski definition) is 14. The van der Waals surface area contributed by atoms with E-state index in [-0.39, 0.29) is 23.0 Å². The fraction of sp³-hybridized carbons (Fsp3) is 0.222. The van der Waals surface area contributed by atoms with Crippen LogP contribution < -0.4 is 39.3 Å². The molecule has 16 heteroatoms. The molecule has 3 aromatic carbocycles. The van der Waals surface area contributed by atoms with Crippen LogP contribution in [0.2, 0.25) is 0 Å². The van der Waals surface area contributed by atoms with Gasteiger partial charge in [0.1, 0.15) is 57.6 Å². The average molecular weight is 709 g/mol. The summed E-state index contributed by atoms with van der Waals surface area (Å²) in [7, 11) is 9.12. The highest BCUT2D eigenvalue weighted by Gasteiger charge is 2.32. The van der Waals surface area contributed by atoms with Crippen LogP contribution in [0.4, 0.5) is 11.6 Å². The molecular formula is C36H36N8O8. The number of amidine groups is 2. The van der Waals surface area contributed by atoms with Gasteiger partial charge in [0.15, 0.2) is 11.6 Å². The van der Waals surface area contributed by atoms with E-state index in [1.165, 1.54) is 52.7 Å². The van der Waals surface area contributed by atoms with Crippen LogP contribution >= 0.6 is 0 Å². The van der Waals surface area contributed by atoms with Crippen LogP contribution in [0.15, 0.2) is 69.9 Å². The van der Waals surface area contributed by atoms with Gasteiger partial charge in [0.05, 0.1) is 53.8 Å². The summed E-state index contributed by atoms with van der Waals surface area (Å²) in [6.07, 6.45) is 3.17. The number of hydrazine groups is 2. The van der Waals surface area contributed by atoms with E-state index in [9.17, 15) is 9.59 Å². The van der Waals surface area contributed by atoms with E-state index in [1.807, 2.05) is 24.3 Å². The van der Waals surface area contributed by atoms with Crippen LogP contribution in [0.1, 0.15) is 25.0 Å². The number of anilines is 2. The second-order valence-electron chi connectivity index (χ2n) is 11.2.